The Hall–Kier alpha value is -18.6. The molecule has 2 aliphatic carbocycles. The maximum atomic E-state index is 5.27. The molecule has 0 N–H and O–H groups in total. The number of allylic oxidation sites excluding steroid dienone is 1. The second-order valence-corrected chi connectivity index (χ2v) is 39.7. The number of aromatic nitrogens is 9. The monoisotopic (exact) mass is 1870 g/mol. The number of pyridine rings is 5. The van der Waals surface area contributed by atoms with Gasteiger partial charge in [-0.25, -0.2) is 19.9 Å². The summed E-state index contributed by atoms with van der Waals surface area (Å²) in [5.74, 6) is 2.79. The third kappa shape index (κ3) is 14.7. The normalized spacial score (nSPS) is 13.3. The maximum absolute atomic E-state index is 5.27. The molecule has 0 saturated heterocycles. The minimum atomic E-state index is -0.0942. The Balaban J connectivity index is 0.000000108. The quantitative estimate of drug-likeness (QED) is 0.130. The van der Waals surface area contributed by atoms with Crippen molar-refractivity contribution in [1.29, 1.82) is 0 Å². The lowest BCUT2D eigenvalue weighted by Crippen LogP contribution is -2.16. The van der Waals surface area contributed by atoms with E-state index in [-0.39, 0.29) is 10.8 Å². The van der Waals surface area contributed by atoms with E-state index in [0.29, 0.717) is 17.5 Å². The molecular weight excluding hydrogens is 1790 g/mol. The number of anilines is 9. The van der Waals surface area contributed by atoms with Crippen LogP contribution in [0.4, 0.5) is 51.3 Å². The Morgan fingerprint density at radius 2 is 0.883 bits per heavy atom. The van der Waals surface area contributed by atoms with Gasteiger partial charge in [-0.15, -0.1) is 11.3 Å². The van der Waals surface area contributed by atoms with E-state index in [9.17, 15) is 0 Å². The number of fused-ring (bicyclic) bond motifs is 25. The smallest absolute Gasteiger partial charge is 0.164 e. The first-order valence-electron chi connectivity index (χ1n) is 49.2. The number of thiophene rings is 1. The van der Waals surface area contributed by atoms with Crippen LogP contribution in [-0.4, -0.2) is 44.4 Å². The zero-order chi connectivity index (χ0) is 96.5. The maximum Gasteiger partial charge on any atom is 0.164 e. The van der Waals surface area contributed by atoms with Crippen molar-refractivity contribution in [3.8, 4) is 129 Å². The molecule has 0 bridgehead atoms. The fourth-order valence-electron chi connectivity index (χ4n) is 22.4. The van der Waals surface area contributed by atoms with Gasteiger partial charge in [0.15, 0.2) is 17.5 Å². The highest BCUT2D eigenvalue weighted by Crippen LogP contribution is 2.62. The largest absolute Gasteiger partial charge is 0.316 e. The fraction of sp³-hybridized carbons (Fsp3) is 0.0455. The van der Waals surface area contributed by atoms with Crippen LogP contribution in [0.15, 0.2) is 456 Å². The first kappa shape index (κ1) is 85.6. The van der Waals surface area contributed by atoms with E-state index in [1.165, 1.54) is 120 Å². The van der Waals surface area contributed by atoms with Crippen LogP contribution in [0.2, 0.25) is 0 Å². The first-order valence-corrected chi connectivity index (χ1v) is 50.0. The highest BCUT2D eigenvalue weighted by Gasteiger charge is 2.41. The molecule has 8 aromatic heterocycles. The molecule has 0 radical (unpaired) electrons. The summed E-state index contributed by atoms with van der Waals surface area (Å²) in [6.07, 6.45) is 24.3. The predicted octanol–water partition coefficient (Wildman–Crippen LogP) is 34.6. The second-order valence-electron chi connectivity index (χ2n) is 38.7. The van der Waals surface area contributed by atoms with Gasteiger partial charge in [-0.3, -0.25) is 24.8 Å². The van der Waals surface area contributed by atoms with Gasteiger partial charge in [0.25, 0.3) is 0 Å². The van der Waals surface area contributed by atoms with Crippen molar-refractivity contribution in [2.24, 2.45) is 0 Å². The summed E-state index contributed by atoms with van der Waals surface area (Å²) in [7, 11) is 0. The number of hydrogen-bond acceptors (Lipinski definition) is 12. The first-order chi connectivity index (χ1) is 71.4. The molecule has 29 rings (SSSR count). The highest BCUT2D eigenvalue weighted by molar-refractivity contribution is 7.26. The van der Waals surface area contributed by atoms with Crippen molar-refractivity contribution >= 4 is 134 Å². The summed E-state index contributed by atoms with van der Waals surface area (Å²) in [6.45, 7) is 9.30. The number of nitrogens with zero attached hydrogens (tertiary/aromatic N) is 12. The molecule has 3 aliphatic heterocycles. The molecule has 684 valence electrons. The third-order valence-corrected chi connectivity index (χ3v) is 30.6. The Morgan fingerprint density at radius 3 is 1.63 bits per heavy atom. The molecule has 24 aromatic rings. The van der Waals surface area contributed by atoms with Gasteiger partial charge in [0.2, 0.25) is 0 Å². The van der Waals surface area contributed by atoms with E-state index in [1.54, 1.807) is 6.20 Å². The van der Waals surface area contributed by atoms with Crippen LogP contribution in [-0.2, 0) is 10.8 Å². The average molecular weight is 1880 g/mol. The van der Waals surface area contributed by atoms with Crippen LogP contribution in [0.5, 0.6) is 0 Å². The SMILES string of the molecule is CC1(C)C=Cc2cc3c(cc21)N(c1cccc(-c2nc(-c4ccccc4)nc(-c4ccccc4)n2)c1)c1cc2c(ccn2-c2ccccc2)cc1C=C3.CC1(C)c2ccccc2-c2c1ccc1c2-c2ccccc2N(c2cccc(-c3cccnc3)n2)c2ccc3ccccc3c2-1.c1ccc2c(c1)-c1ccc3c(sc4ccccc43)c1-c1cc3cccnc3cc1N2c1cc(-c2ccncc2)cc(-c2ccncc2)c1. The molecule has 0 unspecified atom stereocenters. The Labute approximate surface area is 843 Å². The van der Waals surface area contributed by atoms with E-state index in [1.807, 2.05) is 121 Å². The number of para-hydroxylation sites is 3. The molecule has 0 saturated carbocycles. The number of rotatable bonds is 10. The minimum Gasteiger partial charge on any atom is -0.316 e. The lowest BCUT2D eigenvalue weighted by molar-refractivity contribution is 0.660. The summed E-state index contributed by atoms with van der Waals surface area (Å²) in [5, 5.41) is 7.35. The summed E-state index contributed by atoms with van der Waals surface area (Å²) in [4.78, 5) is 45.4. The molecule has 12 nitrogen and oxygen atoms in total. The van der Waals surface area contributed by atoms with Crippen molar-refractivity contribution in [2.75, 3.05) is 14.7 Å². The highest BCUT2D eigenvalue weighted by atomic mass is 32.1. The van der Waals surface area contributed by atoms with E-state index in [2.05, 4.69) is 420 Å². The summed E-state index contributed by atoms with van der Waals surface area (Å²) >= 11 is 1.88. The number of hydrogen-bond donors (Lipinski definition) is 0. The Morgan fingerprint density at radius 1 is 0.276 bits per heavy atom. The zero-order valence-electron chi connectivity index (χ0n) is 79.8. The van der Waals surface area contributed by atoms with Crippen molar-refractivity contribution < 1.29 is 0 Å². The van der Waals surface area contributed by atoms with Crippen molar-refractivity contribution in [2.45, 2.75) is 38.5 Å². The Bertz CT molecular complexity index is 9290. The van der Waals surface area contributed by atoms with Crippen LogP contribution in [0.3, 0.4) is 0 Å². The predicted molar refractivity (Wildman–Crippen MR) is 600 cm³/mol. The molecule has 0 atom stereocenters. The van der Waals surface area contributed by atoms with Crippen LogP contribution >= 0.6 is 11.3 Å². The lowest BCUT2D eigenvalue weighted by Gasteiger charge is -2.30. The van der Waals surface area contributed by atoms with E-state index in [0.717, 1.165) is 129 Å². The van der Waals surface area contributed by atoms with Crippen molar-refractivity contribution in [1.82, 2.24) is 44.4 Å². The van der Waals surface area contributed by atoms with Crippen molar-refractivity contribution in [3.63, 3.8) is 0 Å². The van der Waals surface area contributed by atoms with Crippen LogP contribution in [0.1, 0.15) is 61.1 Å². The molecule has 0 amide bonds. The lowest BCUT2D eigenvalue weighted by atomic mass is 9.80. The van der Waals surface area contributed by atoms with Gasteiger partial charge < -0.3 is 14.4 Å². The van der Waals surface area contributed by atoms with E-state index >= 15 is 0 Å². The summed E-state index contributed by atoms with van der Waals surface area (Å²) in [5.41, 5.74) is 41.2. The zero-order valence-corrected chi connectivity index (χ0v) is 80.6. The molecule has 5 aliphatic rings. The van der Waals surface area contributed by atoms with Crippen LogP contribution in [0.25, 0.3) is 200 Å². The van der Waals surface area contributed by atoms with Gasteiger partial charge in [0.1, 0.15) is 5.82 Å². The van der Waals surface area contributed by atoms with Gasteiger partial charge in [0.05, 0.1) is 50.9 Å². The average Bonchev–Trinajstić information content (AvgIpc) is 1.55. The molecular formula is C132H90N12S. The molecule has 11 heterocycles. The standard InChI is InChI=1S/C48H35N5.C43H26N4S.C41H29N3/c1-48(2)25-23-34-27-35-21-22-36-28-37-24-26-52(39-18-10-5-11-19-39)42(37)31-44(36)53(43(35)30-41(34)48)40-20-12-17-38(29-40)47-50-45(32-13-6-3-7-14-32)49-46(51-47)33-15-8-4-9-16-33;1-3-9-39-33(7-1)35-11-12-36-34-8-2-4-10-41(34)48-43(36)42(35)37-25-29-6-5-17-46-38(29)26-40(37)47(39)32-23-30(27-13-18-44-19-14-27)22-31(24-32)28-15-20-45-21-16-28;1-41(2)32-16-7-5-14-29(32)40-33(41)22-21-31-38-28-13-4-3-11-26(28)20-23-36(38)44(35-18-8-6-15-30(35)39(31)40)37-19-9-17-34(43-37)27-12-10-24-42-25-27/h3-31H,1-2H3;1-26H;3-25H,1-2H3. The van der Waals surface area contributed by atoms with Crippen LogP contribution in [0, 0.1) is 0 Å². The minimum absolute atomic E-state index is 0.0742. The van der Waals surface area contributed by atoms with E-state index < -0.39 is 0 Å². The topological polar surface area (TPSA) is 118 Å². The van der Waals surface area contributed by atoms with Crippen LogP contribution < -0.4 is 14.7 Å². The van der Waals surface area contributed by atoms with Gasteiger partial charge >= 0.3 is 0 Å². The molecule has 0 spiro atoms. The van der Waals surface area contributed by atoms with E-state index in [4.69, 9.17) is 24.9 Å². The summed E-state index contributed by atoms with van der Waals surface area (Å²) in [6, 6.07) is 143. The van der Waals surface area contributed by atoms with Gasteiger partial charge in [-0.1, -0.05) is 289 Å². The van der Waals surface area contributed by atoms with Gasteiger partial charge in [0, 0.05) is 158 Å². The molecule has 16 aromatic carbocycles. The van der Waals surface area contributed by atoms with Gasteiger partial charge in [-0.2, -0.15) is 0 Å². The molecule has 145 heavy (non-hydrogen) atoms. The number of benzene rings is 16. The summed E-state index contributed by atoms with van der Waals surface area (Å²) < 4.78 is 4.88. The fourth-order valence-corrected chi connectivity index (χ4v) is 23.7. The van der Waals surface area contributed by atoms with Crippen molar-refractivity contribution in [3.05, 3.63) is 489 Å². The van der Waals surface area contributed by atoms with Gasteiger partial charge in [-0.05, 0) is 258 Å². The Kier molecular flexibility index (Phi) is 20.5. The third-order valence-electron chi connectivity index (χ3n) is 29.3. The molecule has 0 fully saturated rings. The molecule has 13 heteroatoms. The second kappa shape index (κ2) is 34.7.